The molecule has 0 spiro atoms. The summed E-state index contributed by atoms with van der Waals surface area (Å²) in [6.45, 7) is 9.14. The molecule has 0 aliphatic heterocycles. The molecule has 1 aliphatic rings. The van der Waals surface area contributed by atoms with E-state index >= 15 is 0 Å². The van der Waals surface area contributed by atoms with Gasteiger partial charge in [-0.2, -0.15) is 0 Å². The number of thiophene rings is 1. The lowest BCUT2D eigenvalue weighted by Gasteiger charge is -2.13. The van der Waals surface area contributed by atoms with Gasteiger partial charge in [0.05, 0.1) is 12.2 Å². The van der Waals surface area contributed by atoms with Crippen LogP contribution in [0.15, 0.2) is 65.7 Å². The Morgan fingerprint density at radius 1 is 0.881 bits per heavy atom. The zero-order chi connectivity index (χ0) is 29.5. The number of nitrogens with zero attached hydrogens (tertiary/aromatic N) is 1. The van der Waals surface area contributed by atoms with Crippen LogP contribution in [0.5, 0.6) is 11.5 Å². The molecule has 1 N–H and O–H groups in total. The Kier molecular flexibility index (Phi) is 9.75. The zero-order valence-corrected chi connectivity index (χ0v) is 25.9. The third kappa shape index (κ3) is 7.48. The molecule has 3 aromatic carbocycles. The van der Waals surface area contributed by atoms with E-state index < -0.39 is 0 Å². The Morgan fingerprint density at radius 3 is 2.43 bits per heavy atom. The van der Waals surface area contributed by atoms with Gasteiger partial charge in [-0.15, -0.1) is 11.3 Å². The lowest BCUT2D eigenvalue weighted by Crippen LogP contribution is -2.14. The molecule has 6 heteroatoms. The molecule has 1 heterocycles. The highest BCUT2D eigenvalue weighted by Gasteiger charge is 2.24. The van der Waals surface area contributed by atoms with Gasteiger partial charge in [0.15, 0.2) is 11.5 Å². The number of anilines is 1. The highest BCUT2D eigenvalue weighted by molar-refractivity contribution is 7.16. The maximum Gasteiger partial charge on any atom is 0.259 e. The van der Waals surface area contributed by atoms with E-state index in [2.05, 4.69) is 36.5 Å². The maximum absolute atomic E-state index is 13.8. The van der Waals surface area contributed by atoms with E-state index in [1.807, 2.05) is 63.4 Å². The number of hydrogen-bond acceptors (Lipinski definition) is 5. The fraction of sp³-hybridized carbons (Fsp3) is 0.333. The van der Waals surface area contributed by atoms with Crippen LogP contribution in [0.4, 0.5) is 10.7 Å². The summed E-state index contributed by atoms with van der Waals surface area (Å²) in [4.78, 5) is 20.0. The number of nitrogens with one attached hydrogen (secondary N) is 1. The summed E-state index contributed by atoms with van der Waals surface area (Å²) >= 11 is 1.66. The standard InChI is InChI=1S/C36H40N2O3S/c1-5-40-32-21-27(15-16-31(32)41-23-28-12-10-11-24(2)18-28)22-37-36-34(30-13-8-6-7-9-14-33(30)42-36)35(39)38-29-19-25(3)17-26(4)20-29/h10-12,15-22H,5-9,13-14,23H2,1-4H3,(H,38,39). The SMILES string of the molecule is CCOc1cc(C=Nc2sc3c(c2C(=O)Nc2cc(C)cc(C)c2)CCCCCC3)ccc1OCc1cccc(C)c1. The van der Waals surface area contributed by atoms with Gasteiger partial charge < -0.3 is 14.8 Å². The smallest absolute Gasteiger partial charge is 0.259 e. The number of rotatable bonds is 9. The number of fused-ring (bicyclic) bond motifs is 1. The monoisotopic (exact) mass is 580 g/mol. The molecule has 0 fully saturated rings. The van der Waals surface area contributed by atoms with Gasteiger partial charge >= 0.3 is 0 Å². The fourth-order valence-corrected chi connectivity index (χ4v) is 6.79. The second-order valence-electron chi connectivity index (χ2n) is 11.1. The van der Waals surface area contributed by atoms with E-state index in [1.165, 1.54) is 28.8 Å². The fourth-order valence-electron chi connectivity index (χ4n) is 5.56. The quantitative estimate of drug-likeness (QED) is 0.201. The van der Waals surface area contributed by atoms with Crippen molar-refractivity contribution in [2.75, 3.05) is 11.9 Å². The third-order valence-electron chi connectivity index (χ3n) is 7.43. The van der Waals surface area contributed by atoms with Gasteiger partial charge in [-0.05, 0) is 112 Å². The highest BCUT2D eigenvalue weighted by Crippen LogP contribution is 2.39. The summed E-state index contributed by atoms with van der Waals surface area (Å²) < 4.78 is 12.1. The lowest BCUT2D eigenvalue weighted by atomic mass is 9.96. The van der Waals surface area contributed by atoms with Crippen molar-refractivity contribution >= 4 is 34.1 Å². The maximum atomic E-state index is 13.8. The lowest BCUT2D eigenvalue weighted by molar-refractivity contribution is 0.102. The van der Waals surface area contributed by atoms with Crippen molar-refractivity contribution < 1.29 is 14.3 Å². The van der Waals surface area contributed by atoms with Gasteiger partial charge in [0, 0.05) is 16.8 Å². The van der Waals surface area contributed by atoms with Gasteiger partial charge in [-0.25, -0.2) is 4.99 Å². The Labute approximate surface area is 253 Å². The predicted octanol–water partition coefficient (Wildman–Crippen LogP) is 9.31. The molecule has 1 amide bonds. The van der Waals surface area contributed by atoms with Crippen molar-refractivity contribution in [3.8, 4) is 11.5 Å². The normalized spacial score (nSPS) is 13.3. The summed E-state index contributed by atoms with van der Waals surface area (Å²) in [7, 11) is 0. The van der Waals surface area contributed by atoms with Crippen LogP contribution in [-0.2, 0) is 19.4 Å². The third-order valence-corrected chi connectivity index (χ3v) is 8.63. The first-order valence-electron chi connectivity index (χ1n) is 14.9. The Bertz CT molecular complexity index is 1570. The van der Waals surface area contributed by atoms with Crippen molar-refractivity contribution in [3.05, 3.63) is 104 Å². The van der Waals surface area contributed by atoms with E-state index in [0.29, 0.717) is 24.7 Å². The van der Waals surface area contributed by atoms with E-state index in [-0.39, 0.29) is 5.91 Å². The topological polar surface area (TPSA) is 59.9 Å². The van der Waals surface area contributed by atoms with Crippen LogP contribution in [0.25, 0.3) is 0 Å². The van der Waals surface area contributed by atoms with Gasteiger partial charge in [-0.3, -0.25) is 4.79 Å². The van der Waals surface area contributed by atoms with Crippen molar-refractivity contribution in [2.24, 2.45) is 4.99 Å². The average molecular weight is 581 g/mol. The molecular formula is C36H40N2O3S. The molecule has 5 rings (SSSR count). The minimum absolute atomic E-state index is 0.0832. The zero-order valence-electron chi connectivity index (χ0n) is 25.1. The van der Waals surface area contributed by atoms with Crippen molar-refractivity contribution in [1.29, 1.82) is 0 Å². The molecule has 0 unspecified atom stereocenters. The van der Waals surface area contributed by atoms with Crippen LogP contribution in [-0.4, -0.2) is 18.7 Å². The van der Waals surface area contributed by atoms with Crippen molar-refractivity contribution in [2.45, 2.75) is 72.8 Å². The minimum atomic E-state index is -0.0832. The van der Waals surface area contributed by atoms with E-state index in [4.69, 9.17) is 14.5 Å². The second kappa shape index (κ2) is 13.8. The number of hydrogen-bond donors (Lipinski definition) is 1. The molecule has 0 saturated heterocycles. The summed E-state index contributed by atoms with van der Waals surface area (Å²) in [6.07, 6.45) is 8.43. The van der Waals surface area contributed by atoms with Crippen LogP contribution in [0.1, 0.15) is 81.2 Å². The molecule has 1 aromatic heterocycles. The number of amides is 1. The summed E-state index contributed by atoms with van der Waals surface area (Å²) in [5, 5.41) is 3.94. The molecule has 1 aliphatic carbocycles. The van der Waals surface area contributed by atoms with Gasteiger partial charge in [-0.1, -0.05) is 48.7 Å². The minimum Gasteiger partial charge on any atom is -0.490 e. The number of aliphatic imine (C=N–C) groups is 1. The summed E-state index contributed by atoms with van der Waals surface area (Å²) in [6, 6.07) is 20.3. The van der Waals surface area contributed by atoms with Crippen LogP contribution in [0.3, 0.4) is 0 Å². The molecule has 5 nitrogen and oxygen atoms in total. The van der Waals surface area contributed by atoms with E-state index in [1.54, 1.807) is 11.3 Å². The Hall–Kier alpha value is -3.90. The molecule has 0 atom stereocenters. The van der Waals surface area contributed by atoms with E-state index in [0.717, 1.165) is 64.2 Å². The number of aryl methyl sites for hydroxylation is 4. The molecule has 42 heavy (non-hydrogen) atoms. The molecule has 218 valence electrons. The molecule has 0 radical (unpaired) electrons. The van der Waals surface area contributed by atoms with Crippen molar-refractivity contribution in [1.82, 2.24) is 0 Å². The number of carbonyl (C=O) groups excluding carboxylic acids is 1. The first-order valence-corrected chi connectivity index (χ1v) is 15.7. The van der Waals surface area contributed by atoms with E-state index in [9.17, 15) is 4.79 Å². The molecule has 0 bridgehead atoms. The van der Waals surface area contributed by atoms with Gasteiger partial charge in [0.1, 0.15) is 11.6 Å². The van der Waals surface area contributed by atoms with Crippen LogP contribution >= 0.6 is 11.3 Å². The Morgan fingerprint density at radius 2 is 1.67 bits per heavy atom. The Balaban J connectivity index is 1.42. The number of carbonyl (C=O) groups is 1. The van der Waals surface area contributed by atoms with Gasteiger partial charge in [0.2, 0.25) is 0 Å². The van der Waals surface area contributed by atoms with Crippen LogP contribution in [0.2, 0.25) is 0 Å². The largest absolute Gasteiger partial charge is 0.490 e. The van der Waals surface area contributed by atoms with Crippen LogP contribution < -0.4 is 14.8 Å². The number of benzene rings is 3. The number of ether oxygens (including phenoxy) is 2. The summed E-state index contributed by atoms with van der Waals surface area (Å²) in [5.41, 5.74) is 8.17. The van der Waals surface area contributed by atoms with Gasteiger partial charge in [0.25, 0.3) is 5.91 Å². The highest BCUT2D eigenvalue weighted by atomic mass is 32.1. The molecule has 0 saturated carbocycles. The molecular weight excluding hydrogens is 540 g/mol. The predicted molar refractivity (Wildman–Crippen MR) is 174 cm³/mol. The first kappa shape index (κ1) is 29.6. The molecule has 4 aromatic rings. The second-order valence-corrected chi connectivity index (χ2v) is 12.2. The van der Waals surface area contributed by atoms with Crippen molar-refractivity contribution in [3.63, 3.8) is 0 Å². The average Bonchev–Trinajstić information content (AvgIpc) is 3.27. The summed E-state index contributed by atoms with van der Waals surface area (Å²) in [5.74, 6) is 1.29. The first-order chi connectivity index (χ1) is 20.4. The van der Waals surface area contributed by atoms with Crippen LogP contribution in [0, 0.1) is 20.8 Å².